The number of nitrogen functional groups attached to an aromatic ring is 1. The smallest absolute Gasteiger partial charge is 0.201 e. The van der Waals surface area contributed by atoms with Gasteiger partial charge in [-0.1, -0.05) is 17.7 Å². The van der Waals surface area contributed by atoms with E-state index in [0.717, 1.165) is 5.65 Å². The van der Waals surface area contributed by atoms with Crippen LogP contribution in [0.25, 0.3) is 5.65 Å². The second kappa shape index (κ2) is 4.47. The van der Waals surface area contributed by atoms with Crippen molar-refractivity contribution < 1.29 is 0 Å². The first kappa shape index (κ1) is 11.3. The summed E-state index contributed by atoms with van der Waals surface area (Å²) in [6, 6.07) is 9.08. The highest BCUT2D eigenvalue weighted by molar-refractivity contribution is 7.99. The largest absolute Gasteiger partial charge is 0.397 e. The van der Waals surface area contributed by atoms with E-state index in [9.17, 15) is 0 Å². The Morgan fingerprint density at radius 3 is 2.94 bits per heavy atom. The Labute approximate surface area is 112 Å². The van der Waals surface area contributed by atoms with Crippen molar-refractivity contribution in [2.24, 2.45) is 0 Å². The molecule has 0 aliphatic heterocycles. The van der Waals surface area contributed by atoms with Gasteiger partial charge in [0.05, 0.1) is 5.69 Å². The molecule has 0 fully saturated rings. The van der Waals surface area contributed by atoms with Gasteiger partial charge in [0.25, 0.3) is 0 Å². The van der Waals surface area contributed by atoms with E-state index in [1.165, 1.54) is 11.8 Å². The molecular formula is C11H8ClN5S. The zero-order chi connectivity index (χ0) is 12.5. The summed E-state index contributed by atoms with van der Waals surface area (Å²) in [5.74, 6) is 0. The van der Waals surface area contributed by atoms with Gasteiger partial charge in [0, 0.05) is 6.20 Å². The zero-order valence-corrected chi connectivity index (χ0v) is 10.7. The highest BCUT2D eigenvalue weighted by Gasteiger charge is 2.10. The average Bonchev–Trinajstić information content (AvgIpc) is 2.78. The molecule has 3 rings (SSSR count). The van der Waals surface area contributed by atoms with Gasteiger partial charge in [-0.15, -0.1) is 10.2 Å². The number of rotatable bonds is 2. The van der Waals surface area contributed by atoms with Crippen molar-refractivity contribution in [1.82, 2.24) is 19.6 Å². The highest BCUT2D eigenvalue weighted by atomic mass is 35.5. The quantitative estimate of drug-likeness (QED) is 0.729. The lowest BCUT2D eigenvalue weighted by Crippen LogP contribution is -1.93. The maximum Gasteiger partial charge on any atom is 0.201 e. The molecule has 5 nitrogen and oxygen atoms in total. The van der Waals surface area contributed by atoms with Crippen LogP contribution >= 0.6 is 23.4 Å². The van der Waals surface area contributed by atoms with Crippen molar-refractivity contribution in [3.05, 3.63) is 41.7 Å². The van der Waals surface area contributed by atoms with Crippen molar-refractivity contribution in [1.29, 1.82) is 0 Å². The van der Waals surface area contributed by atoms with Gasteiger partial charge < -0.3 is 5.73 Å². The summed E-state index contributed by atoms with van der Waals surface area (Å²) < 4.78 is 1.87. The van der Waals surface area contributed by atoms with Crippen LogP contribution in [0, 0.1) is 0 Å². The van der Waals surface area contributed by atoms with Crippen LogP contribution in [0.2, 0.25) is 5.15 Å². The minimum Gasteiger partial charge on any atom is -0.397 e. The van der Waals surface area contributed by atoms with E-state index in [1.807, 2.05) is 28.8 Å². The zero-order valence-electron chi connectivity index (χ0n) is 9.12. The number of nitrogens with two attached hydrogens (primary N) is 1. The summed E-state index contributed by atoms with van der Waals surface area (Å²) in [6.45, 7) is 0. The molecule has 0 saturated heterocycles. The third kappa shape index (κ3) is 2.00. The predicted molar refractivity (Wildman–Crippen MR) is 70.8 cm³/mol. The molecule has 7 heteroatoms. The molecule has 90 valence electrons. The van der Waals surface area contributed by atoms with Gasteiger partial charge >= 0.3 is 0 Å². The summed E-state index contributed by atoms with van der Waals surface area (Å²) in [6.07, 6.45) is 1.89. The maximum atomic E-state index is 5.85. The minimum atomic E-state index is 0.403. The molecule has 0 atom stereocenters. The first-order chi connectivity index (χ1) is 8.74. The van der Waals surface area contributed by atoms with Gasteiger partial charge in [0.1, 0.15) is 10.2 Å². The van der Waals surface area contributed by atoms with Crippen LogP contribution in [0.5, 0.6) is 0 Å². The lowest BCUT2D eigenvalue weighted by atomic mass is 10.4. The van der Waals surface area contributed by atoms with Gasteiger partial charge in [0.2, 0.25) is 5.16 Å². The fourth-order valence-corrected chi connectivity index (χ4v) is 2.52. The third-order valence-corrected chi connectivity index (χ3v) is 3.52. The number of hydrogen-bond donors (Lipinski definition) is 1. The number of nitrogens with zero attached hydrogens (tertiary/aromatic N) is 4. The molecular weight excluding hydrogens is 270 g/mol. The molecule has 3 aromatic rings. The van der Waals surface area contributed by atoms with Gasteiger partial charge in [-0.2, -0.15) is 0 Å². The van der Waals surface area contributed by atoms with Crippen LogP contribution in [0.3, 0.4) is 0 Å². The Hall–Kier alpha value is -1.79. The lowest BCUT2D eigenvalue weighted by Gasteiger charge is -2.03. The topological polar surface area (TPSA) is 69.1 Å². The highest BCUT2D eigenvalue weighted by Crippen LogP contribution is 2.30. The van der Waals surface area contributed by atoms with Gasteiger partial charge in [-0.05, 0) is 36.0 Å². The second-order valence-corrected chi connectivity index (χ2v) is 4.89. The van der Waals surface area contributed by atoms with Crippen molar-refractivity contribution >= 4 is 34.7 Å². The lowest BCUT2D eigenvalue weighted by molar-refractivity contribution is 0.917. The van der Waals surface area contributed by atoms with Crippen LogP contribution < -0.4 is 5.73 Å². The SMILES string of the molecule is Nc1ccc(Cl)nc1Sc1nnc2ccccn12. The van der Waals surface area contributed by atoms with Crippen LogP contribution in [-0.2, 0) is 0 Å². The van der Waals surface area contributed by atoms with E-state index in [0.29, 0.717) is 21.0 Å². The van der Waals surface area contributed by atoms with Crippen LogP contribution in [0.1, 0.15) is 0 Å². The first-order valence-corrected chi connectivity index (χ1v) is 6.33. The van der Waals surface area contributed by atoms with Crippen LogP contribution in [0.4, 0.5) is 5.69 Å². The molecule has 0 amide bonds. The van der Waals surface area contributed by atoms with Crippen molar-refractivity contribution in [3.8, 4) is 0 Å². The van der Waals surface area contributed by atoms with E-state index < -0.39 is 0 Å². The van der Waals surface area contributed by atoms with E-state index >= 15 is 0 Å². The predicted octanol–water partition coefficient (Wildman–Crippen LogP) is 2.51. The van der Waals surface area contributed by atoms with Gasteiger partial charge in [-0.25, -0.2) is 4.98 Å². The van der Waals surface area contributed by atoms with Gasteiger partial charge in [0.15, 0.2) is 5.65 Å². The molecule has 0 radical (unpaired) electrons. The monoisotopic (exact) mass is 277 g/mol. The average molecular weight is 278 g/mol. The van der Waals surface area contributed by atoms with E-state index in [1.54, 1.807) is 12.1 Å². The Balaban J connectivity index is 2.04. The molecule has 2 N–H and O–H groups in total. The summed E-state index contributed by atoms with van der Waals surface area (Å²) in [5, 5.41) is 9.89. The Kier molecular flexibility index (Phi) is 2.81. The Morgan fingerprint density at radius 2 is 2.06 bits per heavy atom. The Morgan fingerprint density at radius 1 is 1.17 bits per heavy atom. The molecule has 0 bridgehead atoms. The molecule has 3 aromatic heterocycles. The standard InChI is InChI=1S/C11H8ClN5S/c12-8-5-4-7(13)10(14-8)18-11-16-15-9-3-1-2-6-17(9)11/h1-6H,13H2. The fourth-order valence-electron chi connectivity index (χ4n) is 1.49. The Bertz CT molecular complexity index is 711. The summed E-state index contributed by atoms with van der Waals surface area (Å²) >= 11 is 7.19. The van der Waals surface area contributed by atoms with Crippen molar-refractivity contribution in [3.63, 3.8) is 0 Å². The summed E-state index contributed by atoms with van der Waals surface area (Å²) in [5.41, 5.74) is 7.20. The van der Waals surface area contributed by atoms with E-state index in [2.05, 4.69) is 15.2 Å². The summed E-state index contributed by atoms with van der Waals surface area (Å²) in [7, 11) is 0. The number of fused-ring (bicyclic) bond motifs is 1. The van der Waals surface area contributed by atoms with Crippen molar-refractivity contribution in [2.75, 3.05) is 5.73 Å². The number of aromatic nitrogens is 4. The molecule has 0 aliphatic rings. The van der Waals surface area contributed by atoms with Crippen LogP contribution in [-0.4, -0.2) is 19.6 Å². The minimum absolute atomic E-state index is 0.403. The molecule has 18 heavy (non-hydrogen) atoms. The van der Waals surface area contributed by atoms with Crippen molar-refractivity contribution in [2.45, 2.75) is 10.2 Å². The number of anilines is 1. The molecule has 0 unspecified atom stereocenters. The normalized spacial score (nSPS) is 10.9. The van der Waals surface area contributed by atoms with Gasteiger partial charge in [-0.3, -0.25) is 4.40 Å². The maximum absolute atomic E-state index is 5.85. The number of halogens is 1. The summed E-state index contributed by atoms with van der Waals surface area (Å²) in [4.78, 5) is 4.18. The molecule has 3 heterocycles. The molecule has 0 saturated carbocycles. The molecule has 0 aromatic carbocycles. The molecule has 0 aliphatic carbocycles. The number of hydrogen-bond acceptors (Lipinski definition) is 5. The molecule has 0 spiro atoms. The van der Waals surface area contributed by atoms with E-state index in [-0.39, 0.29) is 0 Å². The van der Waals surface area contributed by atoms with E-state index in [4.69, 9.17) is 17.3 Å². The third-order valence-electron chi connectivity index (χ3n) is 2.33. The number of pyridine rings is 2. The van der Waals surface area contributed by atoms with Crippen LogP contribution in [0.15, 0.2) is 46.7 Å². The second-order valence-electron chi connectivity index (χ2n) is 3.54. The fraction of sp³-hybridized carbons (Fsp3) is 0. The first-order valence-electron chi connectivity index (χ1n) is 5.14.